The van der Waals surface area contributed by atoms with Crippen LogP contribution < -0.4 is 4.72 Å². The van der Waals surface area contributed by atoms with Gasteiger partial charge in [-0.2, -0.15) is 0 Å². The average molecular weight is 305 g/mol. The van der Waals surface area contributed by atoms with E-state index >= 15 is 0 Å². The van der Waals surface area contributed by atoms with Crippen molar-refractivity contribution in [3.8, 4) is 0 Å². The first kappa shape index (κ1) is 15.8. The van der Waals surface area contributed by atoms with Crippen LogP contribution in [0.5, 0.6) is 0 Å². The normalized spacial score (nSPS) is 11.4. The van der Waals surface area contributed by atoms with Gasteiger partial charge >= 0.3 is 5.97 Å². The third-order valence-corrected chi connectivity index (χ3v) is 4.99. The zero-order chi connectivity index (χ0) is 14.3. The van der Waals surface area contributed by atoms with Crippen LogP contribution in [-0.2, 0) is 14.8 Å². The predicted molar refractivity (Wildman–Crippen MR) is 72.1 cm³/mol. The third-order valence-electron chi connectivity index (χ3n) is 2.09. The number of aromatic carboxylic acids is 1. The molecule has 0 bridgehead atoms. The van der Waals surface area contributed by atoms with Gasteiger partial charge in [0.1, 0.15) is 4.21 Å². The van der Waals surface area contributed by atoms with Crippen LogP contribution >= 0.6 is 11.3 Å². The van der Waals surface area contributed by atoms with Crippen LogP contribution in [0.4, 0.5) is 0 Å². The van der Waals surface area contributed by atoms with Crippen molar-refractivity contribution in [3.05, 3.63) is 29.7 Å². The summed E-state index contributed by atoms with van der Waals surface area (Å²) in [6.07, 6.45) is 2.42. The van der Waals surface area contributed by atoms with Crippen molar-refractivity contribution in [3.63, 3.8) is 0 Å². The van der Waals surface area contributed by atoms with E-state index < -0.39 is 16.0 Å². The molecule has 0 aliphatic rings. The number of hydrogen-bond acceptors (Lipinski definition) is 5. The molecule has 0 aliphatic carbocycles. The van der Waals surface area contributed by atoms with Crippen molar-refractivity contribution in [2.45, 2.75) is 10.6 Å². The van der Waals surface area contributed by atoms with Gasteiger partial charge in [0.25, 0.3) is 0 Å². The quantitative estimate of drug-likeness (QED) is 0.530. The summed E-state index contributed by atoms with van der Waals surface area (Å²) in [5.41, 5.74) is -0.0346. The smallest absolute Gasteiger partial charge is 0.336 e. The van der Waals surface area contributed by atoms with Crippen molar-refractivity contribution in [1.29, 1.82) is 0 Å². The molecular weight excluding hydrogens is 290 g/mol. The fourth-order valence-electron chi connectivity index (χ4n) is 1.16. The Bertz CT molecular complexity index is 535. The summed E-state index contributed by atoms with van der Waals surface area (Å²) in [7, 11) is -3.66. The maximum atomic E-state index is 11.8. The molecule has 0 atom stereocenters. The van der Waals surface area contributed by atoms with Gasteiger partial charge in [-0.05, 0) is 12.5 Å². The topological polar surface area (TPSA) is 92.7 Å². The molecule has 0 aromatic carbocycles. The number of rotatable bonds is 9. The van der Waals surface area contributed by atoms with E-state index in [1.54, 1.807) is 6.08 Å². The minimum absolute atomic E-state index is 0.0176. The first-order chi connectivity index (χ1) is 8.97. The molecule has 0 saturated heterocycles. The Hall–Kier alpha value is -1.22. The molecule has 1 aromatic rings. The van der Waals surface area contributed by atoms with Crippen LogP contribution in [0.25, 0.3) is 0 Å². The fourth-order valence-corrected chi connectivity index (χ4v) is 3.37. The SMILES string of the molecule is C=CCCOCCNS(=O)(=O)c1cc(C(=O)O)cs1. The van der Waals surface area contributed by atoms with E-state index in [2.05, 4.69) is 11.3 Å². The lowest BCUT2D eigenvalue weighted by atomic mass is 10.4. The molecule has 1 aromatic heterocycles. The Labute approximate surface area is 115 Å². The van der Waals surface area contributed by atoms with E-state index in [1.165, 1.54) is 5.38 Å². The highest BCUT2D eigenvalue weighted by Gasteiger charge is 2.18. The zero-order valence-corrected chi connectivity index (χ0v) is 11.8. The number of carbonyl (C=O) groups is 1. The number of nitrogens with one attached hydrogen (secondary N) is 1. The second-order valence-corrected chi connectivity index (χ2v) is 6.45. The van der Waals surface area contributed by atoms with Gasteiger partial charge in [0, 0.05) is 11.9 Å². The molecule has 1 rings (SSSR count). The first-order valence-electron chi connectivity index (χ1n) is 5.47. The highest BCUT2D eigenvalue weighted by molar-refractivity contribution is 7.91. The molecule has 6 nitrogen and oxygen atoms in total. The van der Waals surface area contributed by atoms with Crippen LogP contribution in [0.15, 0.2) is 28.3 Å². The van der Waals surface area contributed by atoms with Crippen molar-refractivity contribution < 1.29 is 23.1 Å². The molecule has 106 valence electrons. The lowest BCUT2D eigenvalue weighted by Gasteiger charge is -2.05. The standard InChI is InChI=1S/C11H15NO5S2/c1-2-3-5-17-6-4-12-19(15,16)10-7-9(8-18-10)11(13)14/h2,7-8,12H,1,3-6H2,(H,13,14). The maximum Gasteiger partial charge on any atom is 0.336 e. The lowest BCUT2D eigenvalue weighted by molar-refractivity contribution is 0.0697. The van der Waals surface area contributed by atoms with Crippen LogP contribution in [0.2, 0.25) is 0 Å². The maximum absolute atomic E-state index is 11.8. The van der Waals surface area contributed by atoms with E-state index in [9.17, 15) is 13.2 Å². The summed E-state index contributed by atoms with van der Waals surface area (Å²) in [5.74, 6) is -1.15. The van der Waals surface area contributed by atoms with Crippen molar-refractivity contribution >= 4 is 27.3 Å². The van der Waals surface area contributed by atoms with Gasteiger partial charge < -0.3 is 9.84 Å². The van der Waals surface area contributed by atoms with E-state index in [0.29, 0.717) is 13.0 Å². The third kappa shape index (κ3) is 5.11. The Morgan fingerprint density at radius 1 is 1.53 bits per heavy atom. The van der Waals surface area contributed by atoms with Gasteiger partial charge in [0.05, 0.1) is 18.8 Å². The van der Waals surface area contributed by atoms with Crippen LogP contribution in [-0.4, -0.2) is 39.3 Å². The largest absolute Gasteiger partial charge is 0.478 e. The molecule has 0 saturated carbocycles. The second-order valence-electron chi connectivity index (χ2n) is 3.55. The second kappa shape index (κ2) is 7.39. The van der Waals surface area contributed by atoms with E-state index in [1.807, 2.05) is 0 Å². The van der Waals surface area contributed by atoms with Crippen molar-refractivity contribution in [2.24, 2.45) is 0 Å². The molecule has 0 spiro atoms. The Morgan fingerprint density at radius 3 is 2.84 bits per heavy atom. The highest BCUT2D eigenvalue weighted by atomic mass is 32.2. The van der Waals surface area contributed by atoms with Crippen molar-refractivity contribution in [1.82, 2.24) is 4.72 Å². The number of thiophene rings is 1. The summed E-state index contributed by atoms with van der Waals surface area (Å²) in [6, 6.07) is 1.13. The van der Waals surface area contributed by atoms with Gasteiger partial charge in [0.15, 0.2) is 0 Å². The number of sulfonamides is 1. The predicted octanol–water partition coefficient (Wildman–Crippen LogP) is 1.32. The van der Waals surface area contributed by atoms with E-state index in [-0.39, 0.29) is 22.9 Å². The number of hydrogen-bond donors (Lipinski definition) is 2. The van der Waals surface area contributed by atoms with Gasteiger partial charge in [-0.15, -0.1) is 17.9 Å². The molecule has 0 unspecified atom stereocenters. The molecule has 0 amide bonds. The molecular formula is C11H15NO5S2. The Morgan fingerprint density at radius 2 is 2.26 bits per heavy atom. The highest BCUT2D eigenvalue weighted by Crippen LogP contribution is 2.19. The molecule has 1 heterocycles. The monoisotopic (exact) mass is 305 g/mol. The molecule has 2 N–H and O–H groups in total. The summed E-state index contributed by atoms with van der Waals surface area (Å²) in [5, 5.41) is 10.0. The van der Waals surface area contributed by atoms with Gasteiger partial charge in [-0.25, -0.2) is 17.9 Å². The zero-order valence-electron chi connectivity index (χ0n) is 10.2. The molecule has 8 heteroatoms. The molecule has 0 radical (unpaired) electrons. The van der Waals surface area contributed by atoms with E-state index in [4.69, 9.17) is 9.84 Å². The molecule has 19 heavy (non-hydrogen) atoms. The van der Waals surface area contributed by atoms with Crippen LogP contribution in [0.1, 0.15) is 16.8 Å². The van der Waals surface area contributed by atoms with Gasteiger partial charge in [-0.3, -0.25) is 0 Å². The minimum Gasteiger partial charge on any atom is -0.478 e. The summed E-state index contributed by atoms with van der Waals surface area (Å²) in [4.78, 5) is 10.7. The van der Waals surface area contributed by atoms with Gasteiger partial charge in [0.2, 0.25) is 10.0 Å². The first-order valence-corrected chi connectivity index (χ1v) is 7.84. The average Bonchev–Trinajstić information content (AvgIpc) is 2.84. The van der Waals surface area contributed by atoms with Crippen LogP contribution in [0, 0.1) is 0 Å². The summed E-state index contributed by atoms with van der Waals surface area (Å²) in [6.45, 7) is 4.42. The minimum atomic E-state index is -3.66. The lowest BCUT2D eigenvalue weighted by Crippen LogP contribution is -2.27. The fraction of sp³-hybridized carbons (Fsp3) is 0.364. The number of carboxylic acids is 1. The molecule has 0 fully saturated rings. The summed E-state index contributed by atoms with van der Waals surface area (Å²) < 4.78 is 31.1. The van der Waals surface area contributed by atoms with Crippen LogP contribution in [0.3, 0.4) is 0 Å². The Kier molecular flexibility index (Phi) is 6.16. The summed E-state index contributed by atoms with van der Waals surface area (Å²) >= 11 is 0.871. The number of ether oxygens (including phenoxy) is 1. The Balaban J connectivity index is 2.46. The van der Waals surface area contributed by atoms with E-state index in [0.717, 1.165) is 17.4 Å². The molecule has 0 aliphatic heterocycles. The van der Waals surface area contributed by atoms with Gasteiger partial charge in [-0.1, -0.05) is 6.08 Å². The van der Waals surface area contributed by atoms with Crippen molar-refractivity contribution in [2.75, 3.05) is 19.8 Å². The number of carboxylic acid groups (broad SMARTS) is 1.